The minimum Gasteiger partial charge on any atom is -0.384 e. The standard InChI is InChI=1S/C13H17N3O2/c1-15(2)7-6-14-9-4-5-10-11(8-9)13(18)16(3)12(10)17/h4-5,8,14H,6-7H2,1-3H3. The van der Waals surface area contributed by atoms with Gasteiger partial charge in [-0.1, -0.05) is 0 Å². The summed E-state index contributed by atoms with van der Waals surface area (Å²) in [4.78, 5) is 26.7. The molecule has 18 heavy (non-hydrogen) atoms. The third kappa shape index (κ3) is 2.22. The Hall–Kier alpha value is -1.88. The van der Waals surface area contributed by atoms with E-state index in [4.69, 9.17) is 0 Å². The van der Waals surface area contributed by atoms with Crippen molar-refractivity contribution in [2.75, 3.05) is 39.5 Å². The predicted molar refractivity (Wildman–Crippen MR) is 69.9 cm³/mol. The van der Waals surface area contributed by atoms with E-state index in [2.05, 4.69) is 10.2 Å². The van der Waals surface area contributed by atoms with Gasteiger partial charge in [0.15, 0.2) is 0 Å². The maximum Gasteiger partial charge on any atom is 0.261 e. The summed E-state index contributed by atoms with van der Waals surface area (Å²) in [6.45, 7) is 1.70. The fraction of sp³-hybridized carbons (Fsp3) is 0.385. The SMILES string of the molecule is CN(C)CCNc1ccc2c(c1)C(=O)N(C)C2=O. The number of carbonyl (C=O) groups is 2. The number of benzene rings is 1. The molecule has 5 nitrogen and oxygen atoms in total. The molecule has 0 saturated carbocycles. The van der Waals surface area contributed by atoms with Gasteiger partial charge < -0.3 is 10.2 Å². The largest absolute Gasteiger partial charge is 0.384 e. The van der Waals surface area contributed by atoms with Crippen LogP contribution in [0.25, 0.3) is 0 Å². The normalized spacial score (nSPS) is 14.3. The fourth-order valence-electron chi connectivity index (χ4n) is 1.90. The van der Waals surface area contributed by atoms with Crippen LogP contribution in [0.3, 0.4) is 0 Å². The third-order valence-electron chi connectivity index (χ3n) is 2.98. The van der Waals surface area contributed by atoms with Gasteiger partial charge in [-0.3, -0.25) is 14.5 Å². The molecule has 0 radical (unpaired) electrons. The Labute approximate surface area is 106 Å². The molecule has 0 fully saturated rings. The molecule has 1 aliphatic rings. The van der Waals surface area contributed by atoms with Crippen LogP contribution in [0.15, 0.2) is 18.2 Å². The Morgan fingerprint density at radius 2 is 1.83 bits per heavy atom. The maximum absolute atomic E-state index is 11.8. The van der Waals surface area contributed by atoms with Gasteiger partial charge >= 0.3 is 0 Å². The van der Waals surface area contributed by atoms with E-state index in [9.17, 15) is 9.59 Å². The van der Waals surface area contributed by atoms with Crippen molar-refractivity contribution in [2.24, 2.45) is 0 Å². The highest BCUT2D eigenvalue weighted by Crippen LogP contribution is 2.24. The van der Waals surface area contributed by atoms with Crippen LogP contribution in [0.5, 0.6) is 0 Å². The molecule has 1 N–H and O–H groups in total. The fourth-order valence-corrected chi connectivity index (χ4v) is 1.90. The monoisotopic (exact) mass is 247 g/mol. The quantitative estimate of drug-likeness (QED) is 0.803. The summed E-state index contributed by atoms with van der Waals surface area (Å²) in [6.07, 6.45) is 0. The number of amides is 2. The molecule has 1 heterocycles. The number of fused-ring (bicyclic) bond motifs is 1. The first-order valence-corrected chi connectivity index (χ1v) is 5.85. The van der Waals surface area contributed by atoms with Crippen molar-refractivity contribution < 1.29 is 9.59 Å². The van der Waals surface area contributed by atoms with Crippen molar-refractivity contribution in [2.45, 2.75) is 0 Å². The van der Waals surface area contributed by atoms with Crippen molar-refractivity contribution in [3.05, 3.63) is 29.3 Å². The zero-order chi connectivity index (χ0) is 13.3. The van der Waals surface area contributed by atoms with Crippen LogP contribution in [0, 0.1) is 0 Å². The second-order valence-corrected chi connectivity index (χ2v) is 4.66. The molecule has 1 aromatic rings. The number of hydrogen-bond donors (Lipinski definition) is 1. The molecule has 0 aliphatic carbocycles. The molecule has 0 bridgehead atoms. The highest BCUT2D eigenvalue weighted by molar-refractivity contribution is 6.21. The first kappa shape index (κ1) is 12.6. The Bertz CT molecular complexity index is 497. The summed E-state index contributed by atoms with van der Waals surface area (Å²) in [5.41, 5.74) is 1.84. The summed E-state index contributed by atoms with van der Waals surface area (Å²) in [5.74, 6) is -0.457. The lowest BCUT2D eigenvalue weighted by molar-refractivity contribution is 0.0693. The lowest BCUT2D eigenvalue weighted by Gasteiger charge is -2.11. The molecule has 96 valence electrons. The van der Waals surface area contributed by atoms with Crippen molar-refractivity contribution in [1.82, 2.24) is 9.80 Å². The third-order valence-corrected chi connectivity index (χ3v) is 2.98. The molecule has 0 saturated heterocycles. The zero-order valence-electron chi connectivity index (χ0n) is 10.9. The summed E-state index contributed by atoms with van der Waals surface area (Å²) >= 11 is 0. The highest BCUT2D eigenvalue weighted by Gasteiger charge is 2.32. The van der Waals surface area contributed by atoms with Crippen molar-refractivity contribution in [1.29, 1.82) is 0 Å². The number of carbonyl (C=O) groups excluding carboxylic acids is 2. The number of rotatable bonds is 4. The average Bonchev–Trinajstić information content (AvgIpc) is 2.54. The summed E-state index contributed by atoms with van der Waals surface area (Å²) < 4.78 is 0. The number of hydrogen-bond acceptors (Lipinski definition) is 4. The van der Waals surface area contributed by atoms with Crippen molar-refractivity contribution in [3.63, 3.8) is 0 Å². The molecule has 2 rings (SSSR count). The minimum atomic E-state index is -0.230. The number of anilines is 1. The molecule has 0 unspecified atom stereocenters. The first-order valence-electron chi connectivity index (χ1n) is 5.85. The molecule has 1 aromatic carbocycles. The molecular weight excluding hydrogens is 230 g/mol. The minimum absolute atomic E-state index is 0.227. The van der Waals surface area contributed by atoms with Gasteiger partial charge in [0.1, 0.15) is 0 Å². The Kier molecular flexibility index (Phi) is 3.34. The molecular formula is C13H17N3O2. The van der Waals surface area contributed by atoms with E-state index in [1.807, 2.05) is 20.2 Å². The van der Waals surface area contributed by atoms with Crippen LogP contribution < -0.4 is 5.32 Å². The molecule has 5 heteroatoms. The van der Waals surface area contributed by atoms with Gasteiger partial charge in [-0.25, -0.2) is 0 Å². The number of nitrogens with one attached hydrogen (secondary N) is 1. The van der Waals surface area contributed by atoms with Gasteiger partial charge in [0.25, 0.3) is 11.8 Å². The van der Waals surface area contributed by atoms with E-state index in [0.29, 0.717) is 11.1 Å². The van der Waals surface area contributed by atoms with E-state index >= 15 is 0 Å². The number of likely N-dealkylation sites (N-methyl/N-ethyl adjacent to an activating group) is 1. The van der Waals surface area contributed by atoms with Crippen LogP contribution >= 0.6 is 0 Å². The van der Waals surface area contributed by atoms with Gasteiger partial charge in [0.2, 0.25) is 0 Å². The van der Waals surface area contributed by atoms with Crippen LogP contribution in [0.1, 0.15) is 20.7 Å². The molecule has 0 spiro atoms. The van der Waals surface area contributed by atoms with E-state index < -0.39 is 0 Å². The first-order chi connectivity index (χ1) is 8.50. The van der Waals surface area contributed by atoms with Gasteiger partial charge in [0, 0.05) is 25.8 Å². The number of nitrogens with zero attached hydrogens (tertiary/aromatic N) is 2. The lowest BCUT2D eigenvalue weighted by Crippen LogP contribution is -2.24. The molecule has 1 aliphatic heterocycles. The summed E-state index contributed by atoms with van der Waals surface area (Å²) in [5, 5.41) is 3.23. The predicted octanol–water partition coefficient (Wildman–Crippen LogP) is 0.886. The van der Waals surface area contributed by atoms with Gasteiger partial charge in [-0.05, 0) is 32.3 Å². The maximum atomic E-state index is 11.8. The molecule has 2 amide bonds. The summed E-state index contributed by atoms with van der Waals surface area (Å²) in [7, 11) is 5.51. The van der Waals surface area contributed by atoms with E-state index in [1.165, 1.54) is 7.05 Å². The van der Waals surface area contributed by atoms with E-state index in [1.54, 1.807) is 12.1 Å². The van der Waals surface area contributed by atoms with Crippen molar-refractivity contribution in [3.8, 4) is 0 Å². The van der Waals surface area contributed by atoms with Crippen LogP contribution in [0.2, 0.25) is 0 Å². The highest BCUT2D eigenvalue weighted by atomic mass is 16.2. The van der Waals surface area contributed by atoms with Crippen LogP contribution in [0.4, 0.5) is 5.69 Å². The lowest BCUT2D eigenvalue weighted by atomic mass is 10.1. The Morgan fingerprint density at radius 3 is 2.50 bits per heavy atom. The Morgan fingerprint density at radius 1 is 1.17 bits per heavy atom. The number of imide groups is 1. The molecule has 0 aromatic heterocycles. The van der Waals surface area contributed by atoms with Gasteiger partial charge in [0.05, 0.1) is 11.1 Å². The van der Waals surface area contributed by atoms with E-state index in [0.717, 1.165) is 23.7 Å². The van der Waals surface area contributed by atoms with Crippen LogP contribution in [-0.2, 0) is 0 Å². The van der Waals surface area contributed by atoms with Crippen molar-refractivity contribution >= 4 is 17.5 Å². The summed E-state index contributed by atoms with van der Waals surface area (Å²) in [6, 6.07) is 5.28. The second kappa shape index (κ2) is 4.78. The average molecular weight is 247 g/mol. The van der Waals surface area contributed by atoms with Gasteiger partial charge in [-0.15, -0.1) is 0 Å². The smallest absolute Gasteiger partial charge is 0.261 e. The topological polar surface area (TPSA) is 52.7 Å². The molecule has 0 atom stereocenters. The van der Waals surface area contributed by atoms with E-state index in [-0.39, 0.29) is 11.8 Å². The Balaban J connectivity index is 2.14. The second-order valence-electron chi connectivity index (χ2n) is 4.66. The zero-order valence-corrected chi connectivity index (χ0v) is 10.9. The van der Waals surface area contributed by atoms with Crippen LogP contribution in [-0.4, -0.2) is 55.8 Å². The van der Waals surface area contributed by atoms with Gasteiger partial charge in [-0.2, -0.15) is 0 Å².